The molecule has 6 heteroatoms. The zero-order chi connectivity index (χ0) is 28.5. The highest BCUT2D eigenvalue weighted by Crippen LogP contribution is 2.26. The predicted octanol–water partition coefficient (Wildman–Crippen LogP) is 7.75. The first kappa shape index (κ1) is 30.3. The van der Waals surface area contributed by atoms with Crippen molar-refractivity contribution in [2.24, 2.45) is 11.8 Å². The number of likely N-dealkylation sites (tertiary alicyclic amines) is 1. The molecule has 0 amide bonds. The van der Waals surface area contributed by atoms with Gasteiger partial charge in [-0.1, -0.05) is 40.2 Å². The lowest BCUT2D eigenvalue weighted by Gasteiger charge is -2.26. The number of Topliss-reactive ketones (excluding diaryl/α,β-unsaturated/α-hetero) is 1. The summed E-state index contributed by atoms with van der Waals surface area (Å²) >= 11 is 0. The number of benzene rings is 2. The van der Waals surface area contributed by atoms with Gasteiger partial charge in [-0.2, -0.15) is 0 Å². The van der Waals surface area contributed by atoms with Crippen molar-refractivity contribution in [1.29, 1.82) is 0 Å². The lowest BCUT2D eigenvalue weighted by Crippen LogP contribution is -2.31. The second-order valence-corrected chi connectivity index (χ2v) is 12.6. The first-order valence-corrected chi connectivity index (χ1v) is 15.6. The summed E-state index contributed by atoms with van der Waals surface area (Å²) in [6.45, 7) is 18.6. The summed E-state index contributed by atoms with van der Waals surface area (Å²) in [4.78, 5) is 22.0. The number of carbonyl (C=O) groups excluding carboxylic acids is 1. The minimum absolute atomic E-state index is 0.0832. The lowest BCUT2D eigenvalue weighted by atomic mass is 10.1. The van der Waals surface area contributed by atoms with Gasteiger partial charge in [0.2, 0.25) is 5.95 Å². The van der Waals surface area contributed by atoms with Crippen LogP contribution in [0.5, 0.6) is 0 Å². The van der Waals surface area contributed by atoms with Crippen molar-refractivity contribution in [2.45, 2.75) is 86.2 Å². The van der Waals surface area contributed by atoms with Crippen LogP contribution >= 0.6 is 0 Å². The zero-order valence-electron chi connectivity index (χ0n) is 25.6. The van der Waals surface area contributed by atoms with Gasteiger partial charge in [0.1, 0.15) is 0 Å². The topological polar surface area (TPSA) is 53.4 Å². The number of ketones is 1. The van der Waals surface area contributed by atoms with Gasteiger partial charge in [0.25, 0.3) is 0 Å². The van der Waals surface area contributed by atoms with E-state index < -0.39 is 0 Å². The molecule has 218 valence electrons. The van der Waals surface area contributed by atoms with Crippen molar-refractivity contribution in [3.63, 3.8) is 0 Å². The molecule has 2 heterocycles. The summed E-state index contributed by atoms with van der Waals surface area (Å²) in [5.74, 6) is 2.38. The first-order valence-electron chi connectivity index (χ1n) is 15.6. The van der Waals surface area contributed by atoms with E-state index in [-0.39, 0.29) is 5.78 Å². The van der Waals surface area contributed by atoms with Crippen LogP contribution < -0.4 is 5.32 Å². The molecule has 0 saturated carbocycles. The number of hydrogen-bond acceptors (Lipinski definition) is 5. The number of nitrogens with one attached hydrogen (secondary N) is 1. The Morgan fingerprint density at radius 1 is 0.925 bits per heavy atom. The SMILES string of the molecule is CC(=O)c1ccc(Nc2nc3ccc(CN(CCC(C)C)CCC(C)C)cc3n2CCCN2CCCCC2)cc1. The van der Waals surface area contributed by atoms with Crippen molar-refractivity contribution in [3.8, 4) is 0 Å². The fourth-order valence-electron chi connectivity index (χ4n) is 5.55. The van der Waals surface area contributed by atoms with Gasteiger partial charge in [0.15, 0.2) is 5.78 Å². The summed E-state index contributed by atoms with van der Waals surface area (Å²) in [6, 6.07) is 14.5. The van der Waals surface area contributed by atoms with Crippen molar-refractivity contribution in [2.75, 3.05) is 38.0 Å². The Hall–Kier alpha value is -2.70. The molecule has 0 aliphatic carbocycles. The van der Waals surface area contributed by atoms with Gasteiger partial charge in [-0.15, -0.1) is 0 Å². The van der Waals surface area contributed by atoms with E-state index in [9.17, 15) is 4.79 Å². The number of imidazole rings is 1. The van der Waals surface area contributed by atoms with Gasteiger partial charge < -0.3 is 14.8 Å². The normalized spacial score (nSPS) is 14.6. The molecule has 1 aliphatic heterocycles. The third-order valence-corrected chi connectivity index (χ3v) is 8.12. The first-order chi connectivity index (χ1) is 19.3. The quantitative estimate of drug-likeness (QED) is 0.198. The number of hydrogen-bond donors (Lipinski definition) is 1. The second kappa shape index (κ2) is 14.8. The monoisotopic (exact) mass is 545 g/mol. The maximum absolute atomic E-state index is 11.7. The number of aromatic nitrogens is 2. The van der Waals surface area contributed by atoms with Gasteiger partial charge in [0.05, 0.1) is 11.0 Å². The average molecular weight is 546 g/mol. The van der Waals surface area contributed by atoms with Crippen LogP contribution in [0.25, 0.3) is 11.0 Å². The number of fused-ring (bicyclic) bond motifs is 1. The zero-order valence-corrected chi connectivity index (χ0v) is 25.6. The van der Waals surface area contributed by atoms with Gasteiger partial charge in [0, 0.05) is 24.3 Å². The third-order valence-electron chi connectivity index (χ3n) is 8.12. The van der Waals surface area contributed by atoms with Crippen molar-refractivity contribution in [3.05, 3.63) is 53.6 Å². The smallest absolute Gasteiger partial charge is 0.208 e. The summed E-state index contributed by atoms with van der Waals surface area (Å²) in [6.07, 6.45) is 7.57. The van der Waals surface area contributed by atoms with Crippen molar-refractivity contribution < 1.29 is 4.79 Å². The van der Waals surface area contributed by atoms with E-state index >= 15 is 0 Å². The Kier molecular flexibility index (Phi) is 11.2. The number of carbonyl (C=O) groups is 1. The molecule has 3 aromatic rings. The molecule has 1 fully saturated rings. The van der Waals surface area contributed by atoms with Gasteiger partial charge in [-0.3, -0.25) is 9.69 Å². The van der Waals surface area contributed by atoms with E-state index in [0.717, 1.165) is 61.9 Å². The Bertz CT molecular complexity index is 1200. The maximum Gasteiger partial charge on any atom is 0.208 e. The van der Waals surface area contributed by atoms with Gasteiger partial charge >= 0.3 is 0 Å². The van der Waals surface area contributed by atoms with E-state index in [1.54, 1.807) is 6.92 Å². The molecule has 0 radical (unpaired) electrons. The molecule has 0 atom stereocenters. The number of anilines is 2. The number of piperidine rings is 1. The highest BCUT2D eigenvalue weighted by molar-refractivity contribution is 5.94. The minimum Gasteiger partial charge on any atom is -0.326 e. The molecule has 0 unspecified atom stereocenters. The molecule has 1 saturated heterocycles. The molecule has 1 aromatic heterocycles. The number of aryl methyl sites for hydroxylation is 1. The predicted molar refractivity (Wildman–Crippen MR) is 169 cm³/mol. The highest BCUT2D eigenvalue weighted by Gasteiger charge is 2.16. The molecule has 2 aromatic carbocycles. The van der Waals surface area contributed by atoms with E-state index in [1.807, 2.05) is 24.3 Å². The van der Waals surface area contributed by atoms with Gasteiger partial charge in [-0.25, -0.2) is 4.98 Å². The molecule has 6 nitrogen and oxygen atoms in total. The van der Waals surface area contributed by atoms with Gasteiger partial charge in [-0.05, 0) is 126 Å². The lowest BCUT2D eigenvalue weighted by molar-refractivity contribution is 0.101. The molecule has 0 bridgehead atoms. The van der Waals surface area contributed by atoms with Crippen LogP contribution in [-0.2, 0) is 13.1 Å². The largest absolute Gasteiger partial charge is 0.326 e. The summed E-state index contributed by atoms with van der Waals surface area (Å²) in [5.41, 5.74) is 5.26. The highest BCUT2D eigenvalue weighted by atomic mass is 16.1. The van der Waals surface area contributed by atoms with E-state index in [2.05, 4.69) is 65.6 Å². The molecule has 0 spiro atoms. The van der Waals surface area contributed by atoms with Crippen LogP contribution in [0.3, 0.4) is 0 Å². The summed E-state index contributed by atoms with van der Waals surface area (Å²) in [5, 5.41) is 3.56. The summed E-state index contributed by atoms with van der Waals surface area (Å²) < 4.78 is 2.37. The fraction of sp³-hybridized carbons (Fsp3) is 0.588. The Balaban J connectivity index is 1.57. The molecule has 1 aliphatic rings. The average Bonchev–Trinajstić information content (AvgIpc) is 3.27. The van der Waals surface area contributed by atoms with Crippen LogP contribution in [-0.4, -0.2) is 57.9 Å². The van der Waals surface area contributed by atoms with E-state index in [4.69, 9.17) is 4.98 Å². The van der Waals surface area contributed by atoms with Crippen LogP contribution in [0, 0.1) is 11.8 Å². The summed E-state index contributed by atoms with van der Waals surface area (Å²) in [7, 11) is 0. The number of rotatable bonds is 15. The maximum atomic E-state index is 11.7. The third kappa shape index (κ3) is 8.90. The fourth-order valence-corrected chi connectivity index (χ4v) is 5.55. The minimum atomic E-state index is 0.0832. The van der Waals surface area contributed by atoms with E-state index in [1.165, 1.54) is 56.3 Å². The van der Waals surface area contributed by atoms with Crippen LogP contribution in [0.1, 0.15) is 89.1 Å². The Labute approximate surface area is 242 Å². The molecule has 4 rings (SSSR count). The van der Waals surface area contributed by atoms with Crippen LogP contribution in [0.4, 0.5) is 11.6 Å². The Morgan fingerprint density at radius 3 is 2.23 bits per heavy atom. The van der Waals surface area contributed by atoms with Crippen molar-refractivity contribution in [1.82, 2.24) is 19.4 Å². The molecule has 40 heavy (non-hydrogen) atoms. The molecular formula is C34H51N5O. The van der Waals surface area contributed by atoms with Crippen LogP contribution in [0.2, 0.25) is 0 Å². The van der Waals surface area contributed by atoms with Crippen molar-refractivity contribution >= 4 is 28.5 Å². The molecular weight excluding hydrogens is 494 g/mol. The number of nitrogens with zero attached hydrogens (tertiary/aromatic N) is 4. The Morgan fingerprint density at radius 2 is 1.60 bits per heavy atom. The second-order valence-electron chi connectivity index (χ2n) is 12.6. The standard InChI is InChI=1S/C34H51N5O/c1-26(2)16-22-38(23-17-27(3)4)25-29-10-15-32-33(24-29)39(21-9-20-37-18-7-6-8-19-37)34(36-32)35-31-13-11-30(12-14-31)28(5)40/h10-15,24,26-27H,6-9,16-23,25H2,1-5H3,(H,35,36). The van der Waals surface area contributed by atoms with E-state index in [0.29, 0.717) is 11.8 Å². The molecule has 1 N–H and O–H groups in total. The van der Waals surface area contributed by atoms with Crippen LogP contribution in [0.15, 0.2) is 42.5 Å².